The van der Waals surface area contributed by atoms with Gasteiger partial charge in [-0.1, -0.05) is 12.1 Å². The van der Waals surface area contributed by atoms with Crippen LogP contribution in [0.5, 0.6) is 0 Å². The number of nitrogens with one attached hydrogen (secondary N) is 1. The maximum absolute atomic E-state index is 11.1. The number of nitro benzene ring substituents is 1. The Labute approximate surface area is 81.9 Å². The Morgan fingerprint density at radius 3 is 2.71 bits per heavy atom. The molecule has 0 saturated heterocycles. The predicted molar refractivity (Wildman–Crippen MR) is 53.6 cm³/mol. The van der Waals surface area contributed by atoms with Gasteiger partial charge in [-0.2, -0.15) is 0 Å². The van der Waals surface area contributed by atoms with Crippen molar-refractivity contribution in [3.05, 3.63) is 39.9 Å². The van der Waals surface area contributed by atoms with Crippen molar-refractivity contribution in [1.82, 2.24) is 0 Å². The molecule has 1 atom stereocenters. The van der Waals surface area contributed by atoms with Gasteiger partial charge in [0.1, 0.15) is 0 Å². The molecule has 14 heavy (non-hydrogen) atoms. The van der Waals surface area contributed by atoms with E-state index in [0.29, 0.717) is 5.56 Å². The molecule has 76 valence electrons. The summed E-state index contributed by atoms with van der Waals surface area (Å²) < 4.78 is 18.3. The summed E-state index contributed by atoms with van der Waals surface area (Å²) in [7, 11) is -2.64. The molecule has 0 saturated carbocycles. The smallest absolute Gasteiger partial charge is 0.258 e. The van der Waals surface area contributed by atoms with Gasteiger partial charge >= 0.3 is 0 Å². The molecule has 0 aromatic heterocycles. The molecule has 0 fully saturated rings. The normalized spacial score (nSPS) is 14.6. The van der Waals surface area contributed by atoms with Crippen LogP contribution in [0.2, 0.25) is 0 Å². The number of nitro groups is 1. The van der Waals surface area contributed by atoms with Crippen molar-refractivity contribution in [3.63, 3.8) is 0 Å². The van der Waals surface area contributed by atoms with Crippen LogP contribution in [0.15, 0.2) is 24.3 Å². The lowest BCUT2D eigenvalue weighted by molar-refractivity contribution is -0.384. The van der Waals surface area contributed by atoms with Gasteiger partial charge in [0.2, 0.25) is 0 Å². The molecule has 0 heterocycles. The van der Waals surface area contributed by atoms with E-state index in [-0.39, 0.29) is 11.4 Å². The standard InChI is InChI=1S/C8H10N2O3S/c1-14(9,13)6-7-3-2-4-8(5-7)10(11)12/h2-5,9H,6H2,1H3/t14-/m1/s1. The van der Waals surface area contributed by atoms with E-state index in [1.807, 2.05) is 0 Å². The van der Waals surface area contributed by atoms with E-state index in [1.54, 1.807) is 6.07 Å². The number of benzene rings is 1. The number of hydrogen-bond donors (Lipinski definition) is 1. The third kappa shape index (κ3) is 3.14. The molecule has 0 spiro atoms. The minimum atomic E-state index is -2.64. The molecule has 5 nitrogen and oxygen atoms in total. The largest absolute Gasteiger partial charge is 0.269 e. The molecule has 0 aliphatic carbocycles. The fourth-order valence-corrected chi connectivity index (χ4v) is 1.89. The van der Waals surface area contributed by atoms with Crippen LogP contribution in [-0.4, -0.2) is 15.4 Å². The number of hydrogen-bond acceptors (Lipinski definition) is 4. The Hall–Kier alpha value is -1.43. The molecule has 6 heteroatoms. The highest BCUT2D eigenvalue weighted by Crippen LogP contribution is 2.14. The van der Waals surface area contributed by atoms with Crippen molar-refractivity contribution < 1.29 is 9.13 Å². The molecular formula is C8H10N2O3S. The highest BCUT2D eigenvalue weighted by molar-refractivity contribution is 7.90. The van der Waals surface area contributed by atoms with Crippen molar-refractivity contribution in [1.29, 1.82) is 4.78 Å². The Morgan fingerprint density at radius 2 is 2.21 bits per heavy atom. The molecule has 0 bridgehead atoms. The summed E-state index contributed by atoms with van der Waals surface area (Å²) in [5.74, 6) is 0.0503. The first-order chi connectivity index (χ1) is 6.38. The summed E-state index contributed by atoms with van der Waals surface area (Å²) in [6, 6.07) is 5.87. The molecule has 0 unspecified atom stereocenters. The van der Waals surface area contributed by atoms with Crippen molar-refractivity contribution in [3.8, 4) is 0 Å². The topological polar surface area (TPSA) is 84.1 Å². The van der Waals surface area contributed by atoms with Crippen LogP contribution in [0.3, 0.4) is 0 Å². The zero-order valence-electron chi connectivity index (χ0n) is 7.60. The van der Waals surface area contributed by atoms with Crippen LogP contribution in [0.25, 0.3) is 0 Å². The lowest BCUT2D eigenvalue weighted by Crippen LogP contribution is -1.99. The van der Waals surface area contributed by atoms with E-state index in [0.717, 1.165) is 0 Å². The van der Waals surface area contributed by atoms with Crippen LogP contribution < -0.4 is 0 Å². The van der Waals surface area contributed by atoms with Gasteiger partial charge in [-0.3, -0.25) is 14.9 Å². The van der Waals surface area contributed by atoms with Crippen LogP contribution in [0.4, 0.5) is 5.69 Å². The van der Waals surface area contributed by atoms with E-state index in [9.17, 15) is 14.3 Å². The summed E-state index contributed by atoms with van der Waals surface area (Å²) in [4.78, 5) is 9.90. The van der Waals surface area contributed by atoms with Crippen LogP contribution in [0.1, 0.15) is 5.56 Å². The lowest BCUT2D eigenvalue weighted by Gasteiger charge is -2.00. The second-order valence-corrected chi connectivity index (χ2v) is 5.37. The van der Waals surface area contributed by atoms with Crippen molar-refractivity contribution >= 4 is 15.4 Å². The third-order valence-corrected chi connectivity index (χ3v) is 2.45. The summed E-state index contributed by atoms with van der Waals surface area (Å²) in [6.07, 6.45) is 1.31. The van der Waals surface area contributed by atoms with E-state index in [4.69, 9.17) is 4.78 Å². The van der Waals surface area contributed by atoms with Crippen molar-refractivity contribution in [2.45, 2.75) is 5.75 Å². The minimum absolute atomic E-state index is 0.0360. The van der Waals surface area contributed by atoms with Gasteiger partial charge in [0.05, 0.1) is 10.7 Å². The average Bonchev–Trinajstić information content (AvgIpc) is 2.01. The Balaban J connectivity index is 3.01. The summed E-state index contributed by atoms with van der Waals surface area (Å²) in [6.45, 7) is 0. The van der Waals surface area contributed by atoms with E-state index in [1.165, 1.54) is 24.5 Å². The van der Waals surface area contributed by atoms with E-state index in [2.05, 4.69) is 0 Å². The zero-order chi connectivity index (χ0) is 10.8. The second-order valence-electron chi connectivity index (χ2n) is 3.08. The first-order valence-corrected chi connectivity index (χ1v) is 5.97. The van der Waals surface area contributed by atoms with Crippen molar-refractivity contribution in [2.75, 3.05) is 6.26 Å². The molecule has 0 radical (unpaired) electrons. The summed E-state index contributed by atoms with van der Waals surface area (Å²) in [5.41, 5.74) is 0.521. The van der Waals surface area contributed by atoms with E-state index >= 15 is 0 Å². The van der Waals surface area contributed by atoms with Crippen LogP contribution >= 0.6 is 0 Å². The molecular weight excluding hydrogens is 204 g/mol. The fourth-order valence-electron chi connectivity index (χ4n) is 1.08. The monoisotopic (exact) mass is 214 g/mol. The molecule has 0 aliphatic rings. The van der Waals surface area contributed by atoms with Gasteiger partial charge in [-0.25, -0.2) is 4.21 Å². The predicted octanol–water partition coefficient (Wildman–Crippen LogP) is 1.77. The first-order valence-electron chi connectivity index (χ1n) is 3.83. The highest BCUT2D eigenvalue weighted by atomic mass is 32.2. The average molecular weight is 214 g/mol. The lowest BCUT2D eigenvalue weighted by atomic mass is 10.2. The molecule has 1 N–H and O–H groups in total. The second kappa shape index (κ2) is 3.75. The van der Waals surface area contributed by atoms with Gasteiger partial charge in [0, 0.05) is 28.1 Å². The first kappa shape index (κ1) is 10.6. The van der Waals surface area contributed by atoms with Gasteiger partial charge in [0.15, 0.2) is 0 Å². The Morgan fingerprint density at radius 1 is 1.57 bits per heavy atom. The maximum atomic E-state index is 11.1. The van der Waals surface area contributed by atoms with Crippen molar-refractivity contribution in [2.24, 2.45) is 0 Å². The summed E-state index contributed by atoms with van der Waals surface area (Å²) >= 11 is 0. The molecule has 0 amide bonds. The number of rotatable bonds is 3. The SMILES string of the molecule is C[S@@](=N)(=O)Cc1cccc([N+](=O)[O-])c1. The quantitative estimate of drug-likeness (QED) is 0.614. The van der Waals surface area contributed by atoms with Crippen LogP contribution in [0, 0.1) is 14.9 Å². The zero-order valence-corrected chi connectivity index (χ0v) is 8.41. The number of nitrogens with zero attached hydrogens (tertiary/aromatic N) is 1. The van der Waals surface area contributed by atoms with E-state index < -0.39 is 14.7 Å². The summed E-state index contributed by atoms with van der Waals surface area (Å²) in [5, 5.41) is 10.4. The third-order valence-electron chi connectivity index (χ3n) is 1.56. The molecule has 1 rings (SSSR count). The molecule has 1 aromatic carbocycles. The highest BCUT2D eigenvalue weighted by Gasteiger charge is 2.07. The van der Waals surface area contributed by atoms with Gasteiger partial charge in [-0.05, 0) is 5.56 Å². The van der Waals surface area contributed by atoms with Gasteiger partial charge < -0.3 is 0 Å². The number of non-ortho nitro benzene ring substituents is 1. The maximum Gasteiger partial charge on any atom is 0.269 e. The van der Waals surface area contributed by atoms with Gasteiger partial charge in [-0.15, -0.1) is 0 Å². The van der Waals surface area contributed by atoms with Gasteiger partial charge in [0.25, 0.3) is 5.69 Å². The fraction of sp³-hybridized carbons (Fsp3) is 0.250. The molecule has 1 aromatic rings. The Bertz CT molecular complexity index is 453. The molecule has 0 aliphatic heterocycles. The minimum Gasteiger partial charge on any atom is -0.258 e. The Kier molecular flexibility index (Phi) is 2.85. The van der Waals surface area contributed by atoms with Crippen LogP contribution in [-0.2, 0) is 15.5 Å².